The van der Waals surface area contributed by atoms with Crippen LogP contribution in [0, 0.1) is 0 Å². The monoisotopic (exact) mass is 359 g/mol. The number of carbonyl (C=O) groups is 2. The SMILES string of the molecule is O=C1C(=O)N(Cc2ccccc2)C(c2ccco2)/C1=C(\O)c1ccccc1. The van der Waals surface area contributed by atoms with Gasteiger partial charge in [-0.25, -0.2) is 0 Å². The molecule has 0 aliphatic carbocycles. The molecular weight excluding hydrogens is 342 g/mol. The van der Waals surface area contributed by atoms with E-state index in [0.717, 1.165) is 5.56 Å². The number of nitrogens with zero attached hydrogens (tertiary/aromatic N) is 1. The Bertz CT molecular complexity index is 991. The van der Waals surface area contributed by atoms with Crippen molar-refractivity contribution in [2.45, 2.75) is 12.6 Å². The number of ketones is 1. The van der Waals surface area contributed by atoms with Crippen LogP contribution >= 0.6 is 0 Å². The topological polar surface area (TPSA) is 70.8 Å². The highest BCUT2D eigenvalue weighted by Crippen LogP contribution is 2.40. The predicted molar refractivity (Wildman–Crippen MR) is 99.4 cm³/mol. The molecule has 4 rings (SSSR count). The number of carbonyl (C=O) groups excluding carboxylic acids is 2. The molecule has 1 atom stereocenters. The van der Waals surface area contributed by atoms with Crippen LogP contribution in [0.2, 0.25) is 0 Å². The number of hydrogen-bond donors (Lipinski definition) is 1. The molecule has 5 nitrogen and oxygen atoms in total. The molecule has 27 heavy (non-hydrogen) atoms. The van der Waals surface area contributed by atoms with Gasteiger partial charge >= 0.3 is 0 Å². The second-order valence-corrected chi connectivity index (χ2v) is 6.29. The third-order valence-corrected chi connectivity index (χ3v) is 4.60. The lowest BCUT2D eigenvalue weighted by Crippen LogP contribution is -2.29. The van der Waals surface area contributed by atoms with Crippen molar-refractivity contribution >= 4 is 17.4 Å². The Morgan fingerprint density at radius 1 is 0.926 bits per heavy atom. The number of aliphatic hydroxyl groups is 1. The van der Waals surface area contributed by atoms with Crippen LogP contribution in [0.4, 0.5) is 0 Å². The van der Waals surface area contributed by atoms with Crippen LogP contribution < -0.4 is 0 Å². The molecule has 1 aliphatic rings. The quantitative estimate of drug-likeness (QED) is 0.436. The summed E-state index contributed by atoms with van der Waals surface area (Å²) in [6.45, 7) is 0.238. The van der Waals surface area contributed by atoms with Crippen molar-refractivity contribution in [3.63, 3.8) is 0 Å². The van der Waals surface area contributed by atoms with Crippen LogP contribution in [-0.2, 0) is 16.1 Å². The molecule has 1 aromatic heterocycles. The standard InChI is InChI=1S/C22H17NO4/c24-20(16-10-5-2-6-11-16)18-19(17-12-7-13-27-17)23(22(26)21(18)25)14-15-8-3-1-4-9-15/h1-13,19,24H,14H2/b20-18+. The van der Waals surface area contributed by atoms with Crippen molar-refractivity contribution in [3.8, 4) is 0 Å². The molecule has 5 heteroatoms. The van der Waals surface area contributed by atoms with E-state index in [4.69, 9.17) is 4.42 Å². The first-order chi connectivity index (χ1) is 13.2. The van der Waals surface area contributed by atoms with Crippen molar-refractivity contribution in [1.82, 2.24) is 4.90 Å². The molecule has 0 saturated carbocycles. The molecule has 0 bridgehead atoms. The molecule has 1 amide bonds. The van der Waals surface area contributed by atoms with Crippen LogP contribution in [0.1, 0.15) is 22.9 Å². The maximum atomic E-state index is 12.8. The van der Waals surface area contributed by atoms with E-state index in [1.165, 1.54) is 11.2 Å². The maximum Gasteiger partial charge on any atom is 0.296 e. The number of amides is 1. The second-order valence-electron chi connectivity index (χ2n) is 6.29. The Labute approximate surface area is 156 Å². The maximum absolute atomic E-state index is 12.8. The van der Waals surface area contributed by atoms with Gasteiger partial charge in [0.15, 0.2) is 0 Å². The summed E-state index contributed by atoms with van der Waals surface area (Å²) in [6.07, 6.45) is 1.49. The molecule has 2 aromatic carbocycles. The van der Waals surface area contributed by atoms with E-state index in [-0.39, 0.29) is 17.9 Å². The van der Waals surface area contributed by atoms with E-state index in [0.29, 0.717) is 11.3 Å². The number of aliphatic hydroxyl groups excluding tert-OH is 1. The minimum Gasteiger partial charge on any atom is -0.507 e. The van der Waals surface area contributed by atoms with Crippen molar-refractivity contribution in [3.05, 3.63) is 102 Å². The molecule has 1 N–H and O–H groups in total. The number of benzene rings is 2. The van der Waals surface area contributed by atoms with Gasteiger partial charge in [-0.1, -0.05) is 60.7 Å². The third kappa shape index (κ3) is 3.04. The minimum absolute atomic E-state index is 0.0390. The molecule has 0 radical (unpaired) electrons. The summed E-state index contributed by atoms with van der Waals surface area (Å²) in [5, 5.41) is 10.8. The normalized spacial score (nSPS) is 18.8. The Balaban J connectivity index is 1.83. The fourth-order valence-corrected chi connectivity index (χ4v) is 3.32. The van der Waals surface area contributed by atoms with Gasteiger partial charge in [0.2, 0.25) is 0 Å². The average Bonchev–Trinajstić information content (AvgIpc) is 3.32. The lowest BCUT2D eigenvalue weighted by atomic mass is 9.99. The molecular formula is C22H17NO4. The molecule has 1 saturated heterocycles. The zero-order valence-corrected chi connectivity index (χ0v) is 14.4. The fourth-order valence-electron chi connectivity index (χ4n) is 3.32. The second kappa shape index (κ2) is 6.96. The van der Waals surface area contributed by atoms with Gasteiger partial charge in [-0.05, 0) is 17.7 Å². The van der Waals surface area contributed by atoms with Crippen LogP contribution in [-0.4, -0.2) is 21.7 Å². The van der Waals surface area contributed by atoms with E-state index in [9.17, 15) is 14.7 Å². The van der Waals surface area contributed by atoms with Crippen LogP contribution in [0.5, 0.6) is 0 Å². The van der Waals surface area contributed by atoms with Crippen molar-refractivity contribution in [2.24, 2.45) is 0 Å². The lowest BCUT2D eigenvalue weighted by molar-refractivity contribution is -0.140. The van der Waals surface area contributed by atoms with Gasteiger partial charge in [-0.2, -0.15) is 0 Å². The largest absolute Gasteiger partial charge is 0.507 e. The molecule has 1 unspecified atom stereocenters. The lowest BCUT2D eigenvalue weighted by Gasteiger charge is -2.23. The molecule has 3 aromatic rings. The summed E-state index contributed by atoms with van der Waals surface area (Å²) in [5.41, 5.74) is 1.40. The summed E-state index contributed by atoms with van der Waals surface area (Å²) in [4.78, 5) is 27.0. The number of likely N-dealkylation sites (tertiary alicyclic amines) is 1. The highest BCUT2D eigenvalue weighted by molar-refractivity contribution is 6.46. The summed E-state index contributed by atoms with van der Waals surface area (Å²) < 4.78 is 5.51. The number of furan rings is 1. The molecule has 1 fully saturated rings. The molecule has 134 valence electrons. The third-order valence-electron chi connectivity index (χ3n) is 4.60. The highest BCUT2D eigenvalue weighted by Gasteiger charge is 2.47. The smallest absolute Gasteiger partial charge is 0.296 e. The zero-order valence-electron chi connectivity index (χ0n) is 14.4. The summed E-state index contributed by atoms with van der Waals surface area (Å²) >= 11 is 0. The van der Waals surface area contributed by atoms with Gasteiger partial charge < -0.3 is 14.4 Å². The van der Waals surface area contributed by atoms with E-state index in [1.54, 1.807) is 36.4 Å². The first kappa shape index (κ1) is 16.8. The molecule has 1 aliphatic heterocycles. The summed E-state index contributed by atoms with van der Waals surface area (Å²) in [5.74, 6) is -1.14. The van der Waals surface area contributed by atoms with Crippen LogP contribution in [0.3, 0.4) is 0 Å². The van der Waals surface area contributed by atoms with E-state index >= 15 is 0 Å². The summed E-state index contributed by atoms with van der Waals surface area (Å²) in [7, 11) is 0. The summed E-state index contributed by atoms with van der Waals surface area (Å²) in [6, 6.07) is 20.7. The van der Waals surface area contributed by atoms with Gasteiger partial charge in [-0.3, -0.25) is 9.59 Å². The van der Waals surface area contributed by atoms with Crippen molar-refractivity contribution in [1.29, 1.82) is 0 Å². The van der Waals surface area contributed by atoms with E-state index in [1.807, 2.05) is 36.4 Å². The van der Waals surface area contributed by atoms with Gasteiger partial charge in [-0.15, -0.1) is 0 Å². The van der Waals surface area contributed by atoms with E-state index < -0.39 is 17.7 Å². The van der Waals surface area contributed by atoms with Gasteiger partial charge in [0.05, 0.1) is 11.8 Å². The Hall–Kier alpha value is -3.60. The molecule has 0 spiro atoms. The Morgan fingerprint density at radius 3 is 2.22 bits per heavy atom. The van der Waals surface area contributed by atoms with Gasteiger partial charge in [0.1, 0.15) is 17.6 Å². The fraction of sp³-hybridized carbons (Fsp3) is 0.0909. The van der Waals surface area contributed by atoms with E-state index in [2.05, 4.69) is 0 Å². The highest BCUT2D eigenvalue weighted by atomic mass is 16.3. The Kier molecular flexibility index (Phi) is 4.34. The number of Topliss-reactive ketones (excluding diaryl/α,β-unsaturated/α-hetero) is 1. The predicted octanol–water partition coefficient (Wildman–Crippen LogP) is 3.90. The number of hydrogen-bond acceptors (Lipinski definition) is 4. The van der Waals surface area contributed by atoms with Gasteiger partial charge in [0.25, 0.3) is 11.7 Å². The Morgan fingerprint density at radius 2 is 1.59 bits per heavy atom. The minimum atomic E-state index is -0.777. The van der Waals surface area contributed by atoms with Crippen LogP contribution in [0.15, 0.2) is 89.0 Å². The average molecular weight is 359 g/mol. The molecule has 2 heterocycles. The van der Waals surface area contributed by atoms with Crippen molar-refractivity contribution in [2.75, 3.05) is 0 Å². The zero-order chi connectivity index (χ0) is 18.8. The van der Waals surface area contributed by atoms with Crippen molar-refractivity contribution < 1.29 is 19.1 Å². The van der Waals surface area contributed by atoms with Crippen LogP contribution in [0.25, 0.3) is 5.76 Å². The number of rotatable bonds is 4. The first-order valence-electron chi connectivity index (χ1n) is 8.58. The first-order valence-corrected chi connectivity index (χ1v) is 8.58. The van der Waals surface area contributed by atoms with Gasteiger partial charge in [0, 0.05) is 12.1 Å².